The van der Waals surface area contributed by atoms with Gasteiger partial charge in [-0.3, -0.25) is 9.97 Å². The molecule has 0 atom stereocenters. The lowest BCUT2D eigenvalue weighted by atomic mass is 10.0. The molecule has 0 spiro atoms. The second kappa shape index (κ2) is 4.49. The number of benzene rings is 1. The number of hydrogen-bond donors (Lipinski definition) is 1. The van der Waals surface area contributed by atoms with Crippen LogP contribution in [-0.4, -0.2) is 21.0 Å². The molecule has 0 aliphatic heterocycles. The fraction of sp³-hybridized carbons (Fsp3) is 0. The summed E-state index contributed by atoms with van der Waals surface area (Å²) >= 11 is 0. The van der Waals surface area contributed by atoms with Crippen LogP contribution in [0, 0.1) is 0 Å². The van der Waals surface area contributed by atoms with Crippen molar-refractivity contribution < 1.29 is 9.90 Å². The Balaban J connectivity index is 2.24. The van der Waals surface area contributed by atoms with Crippen LogP contribution in [0.2, 0.25) is 0 Å². The number of nitrogens with zero attached hydrogens (tertiary/aromatic N) is 2. The Hall–Kier alpha value is -2.75. The van der Waals surface area contributed by atoms with Crippen molar-refractivity contribution in [3.05, 3.63) is 60.7 Å². The lowest BCUT2D eigenvalue weighted by Crippen LogP contribution is -1.97. The van der Waals surface area contributed by atoms with Crippen LogP contribution in [0.4, 0.5) is 0 Å². The Bertz CT molecular complexity index is 763. The van der Waals surface area contributed by atoms with Gasteiger partial charge >= 0.3 is 5.97 Å². The van der Waals surface area contributed by atoms with Crippen molar-refractivity contribution in [3.8, 4) is 11.1 Å². The van der Waals surface area contributed by atoms with Crippen molar-refractivity contribution in [1.29, 1.82) is 0 Å². The summed E-state index contributed by atoms with van der Waals surface area (Å²) in [6.45, 7) is 0. The minimum absolute atomic E-state index is 0.172. The minimum Gasteiger partial charge on any atom is -0.478 e. The van der Waals surface area contributed by atoms with E-state index in [0.29, 0.717) is 0 Å². The zero-order valence-electron chi connectivity index (χ0n) is 9.95. The number of aromatic carboxylic acids is 1. The lowest BCUT2D eigenvalue weighted by Gasteiger charge is -2.06. The maximum absolute atomic E-state index is 11.0. The van der Waals surface area contributed by atoms with Gasteiger partial charge in [0.05, 0.1) is 5.56 Å². The highest BCUT2D eigenvalue weighted by atomic mass is 16.4. The highest BCUT2D eigenvalue weighted by Gasteiger charge is 2.08. The van der Waals surface area contributed by atoms with E-state index in [1.54, 1.807) is 24.7 Å². The fourth-order valence-corrected chi connectivity index (χ4v) is 2.05. The third kappa shape index (κ3) is 2.04. The van der Waals surface area contributed by atoms with Gasteiger partial charge in [-0.05, 0) is 11.5 Å². The lowest BCUT2D eigenvalue weighted by molar-refractivity contribution is 0.0696. The molecular formula is C15H10N2O2. The largest absolute Gasteiger partial charge is 0.478 e. The summed E-state index contributed by atoms with van der Waals surface area (Å²) in [5, 5.41) is 11.1. The van der Waals surface area contributed by atoms with Crippen LogP contribution in [0.15, 0.2) is 55.1 Å². The molecule has 19 heavy (non-hydrogen) atoms. The summed E-state index contributed by atoms with van der Waals surface area (Å²) in [5.74, 6) is -0.984. The normalized spacial score (nSPS) is 10.5. The zero-order chi connectivity index (χ0) is 13.2. The third-order valence-corrected chi connectivity index (χ3v) is 2.96. The van der Waals surface area contributed by atoms with Crippen molar-refractivity contribution in [2.24, 2.45) is 0 Å². The van der Waals surface area contributed by atoms with Crippen LogP contribution in [0.5, 0.6) is 0 Å². The summed E-state index contributed by atoms with van der Waals surface area (Å²) in [7, 11) is 0. The quantitative estimate of drug-likeness (QED) is 0.759. The van der Waals surface area contributed by atoms with Gasteiger partial charge in [0.2, 0.25) is 0 Å². The molecule has 3 aromatic rings. The van der Waals surface area contributed by atoms with E-state index in [1.165, 1.54) is 6.20 Å². The predicted octanol–water partition coefficient (Wildman–Crippen LogP) is 3.00. The minimum atomic E-state index is -0.984. The van der Waals surface area contributed by atoms with Gasteiger partial charge < -0.3 is 5.11 Å². The Labute approximate surface area is 109 Å². The molecule has 0 saturated heterocycles. The third-order valence-electron chi connectivity index (χ3n) is 2.96. The molecule has 0 fully saturated rings. The summed E-state index contributed by atoms with van der Waals surface area (Å²) < 4.78 is 0. The number of pyridine rings is 2. The van der Waals surface area contributed by atoms with Crippen LogP contribution < -0.4 is 0 Å². The van der Waals surface area contributed by atoms with Crippen LogP contribution >= 0.6 is 0 Å². The van der Waals surface area contributed by atoms with Gasteiger partial charge in [-0.2, -0.15) is 0 Å². The molecule has 0 bridgehead atoms. The van der Waals surface area contributed by atoms with E-state index in [2.05, 4.69) is 9.97 Å². The van der Waals surface area contributed by atoms with E-state index in [-0.39, 0.29) is 5.56 Å². The Morgan fingerprint density at radius 2 is 1.79 bits per heavy atom. The molecule has 1 aromatic carbocycles. The maximum Gasteiger partial charge on any atom is 0.337 e. The van der Waals surface area contributed by atoms with E-state index in [1.807, 2.05) is 24.3 Å². The van der Waals surface area contributed by atoms with Gasteiger partial charge in [0.1, 0.15) is 0 Å². The summed E-state index contributed by atoms with van der Waals surface area (Å²) in [5.41, 5.74) is 1.81. The van der Waals surface area contributed by atoms with Gasteiger partial charge in [-0.1, -0.05) is 24.3 Å². The molecule has 0 radical (unpaired) electrons. The number of aromatic nitrogens is 2. The van der Waals surface area contributed by atoms with Gasteiger partial charge in [0.15, 0.2) is 0 Å². The fourth-order valence-electron chi connectivity index (χ4n) is 2.05. The Kier molecular flexibility index (Phi) is 2.68. The monoisotopic (exact) mass is 250 g/mol. The highest BCUT2D eigenvalue weighted by molar-refractivity contribution is 5.97. The molecule has 92 valence electrons. The maximum atomic E-state index is 11.0. The first-order valence-corrected chi connectivity index (χ1v) is 5.77. The van der Waals surface area contributed by atoms with Gasteiger partial charge in [0.25, 0.3) is 0 Å². The van der Waals surface area contributed by atoms with Crippen molar-refractivity contribution >= 4 is 16.7 Å². The number of fused-ring (bicyclic) bond motifs is 1. The number of rotatable bonds is 2. The molecule has 4 heteroatoms. The molecule has 0 amide bonds. The standard InChI is InChI=1S/C15H10N2O2/c18-15(19)12-5-11(7-16-8-12)14-9-17-6-10-3-1-2-4-13(10)14/h1-9H,(H,18,19). The highest BCUT2D eigenvalue weighted by Crippen LogP contribution is 2.27. The van der Waals surface area contributed by atoms with Crippen LogP contribution in [0.25, 0.3) is 21.9 Å². The predicted molar refractivity (Wildman–Crippen MR) is 71.9 cm³/mol. The van der Waals surface area contributed by atoms with Crippen molar-refractivity contribution in [1.82, 2.24) is 9.97 Å². The van der Waals surface area contributed by atoms with Crippen LogP contribution in [0.1, 0.15) is 10.4 Å². The number of carbonyl (C=O) groups is 1. The van der Waals surface area contributed by atoms with Gasteiger partial charge in [0, 0.05) is 41.3 Å². The number of carboxylic acids is 1. The first kappa shape index (κ1) is 11.3. The summed E-state index contributed by atoms with van der Waals surface area (Å²) in [6, 6.07) is 9.46. The van der Waals surface area contributed by atoms with Crippen LogP contribution in [-0.2, 0) is 0 Å². The van der Waals surface area contributed by atoms with E-state index in [9.17, 15) is 4.79 Å². The molecule has 0 aliphatic carbocycles. The van der Waals surface area contributed by atoms with Crippen molar-refractivity contribution in [2.45, 2.75) is 0 Å². The zero-order valence-corrected chi connectivity index (χ0v) is 9.95. The average Bonchev–Trinajstić information content (AvgIpc) is 2.47. The number of carboxylic acid groups (broad SMARTS) is 1. The number of hydrogen-bond acceptors (Lipinski definition) is 3. The van der Waals surface area contributed by atoms with Crippen molar-refractivity contribution in [2.75, 3.05) is 0 Å². The van der Waals surface area contributed by atoms with Crippen molar-refractivity contribution in [3.63, 3.8) is 0 Å². The summed E-state index contributed by atoms with van der Waals surface area (Å²) in [6.07, 6.45) is 6.50. The van der Waals surface area contributed by atoms with E-state index >= 15 is 0 Å². The molecule has 2 heterocycles. The van der Waals surface area contributed by atoms with E-state index in [0.717, 1.165) is 21.9 Å². The first-order chi connectivity index (χ1) is 9.25. The molecule has 3 rings (SSSR count). The Morgan fingerprint density at radius 3 is 2.63 bits per heavy atom. The molecule has 1 N–H and O–H groups in total. The molecule has 4 nitrogen and oxygen atoms in total. The van der Waals surface area contributed by atoms with Crippen LogP contribution in [0.3, 0.4) is 0 Å². The molecule has 2 aromatic heterocycles. The first-order valence-electron chi connectivity index (χ1n) is 5.77. The molecular weight excluding hydrogens is 240 g/mol. The average molecular weight is 250 g/mol. The molecule has 0 unspecified atom stereocenters. The second-order valence-electron chi connectivity index (χ2n) is 4.18. The molecule has 0 saturated carbocycles. The Morgan fingerprint density at radius 1 is 1.00 bits per heavy atom. The summed E-state index contributed by atoms with van der Waals surface area (Å²) in [4.78, 5) is 19.2. The SMILES string of the molecule is O=C(O)c1cncc(-c2cncc3ccccc23)c1. The van der Waals surface area contributed by atoms with Gasteiger partial charge in [-0.25, -0.2) is 4.79 Å². The smallest absolute Gasteiger partial charge is 0.337 e. The second-order valence-corrected chi connectivity index (χ2v) is 4.18. The molecule has 0 aliphatic rings. The van der Waals surface area contributed by atoms with E-state index in [4.69, 9.17) is 5.11 Å². The van der Waals surface area contributed by atoms with E-state index < -0.39 is 5.97 Å². The topological polar surface area (TPSA) is 63.1 Å². The van der Waals surface area contributed by atoms with Gasteiger partial charge in [-0.15, -0.1) is 0 Å².